The summed E-state index contributed by atoms with van der Waals surface area (Å²) in [4.78, 5) is 2.31. The zero-order chi connectivity index (χ0) is 20.1. The van der Waals surface area contributed by atoms with Gasteiger partial charge in [-0.3, -0.25) is 0 Å². The van der Waals surface area contributed by atoms with Gasteiger partial charge in [0.1, 0.15) is 0 Å². The van der Waals surface area contributed by atoms with Crippen molar-refractivity contribution in [2.24, 2.45) is 0 Å². The van der Waals surface area contributed by atoms with Gasteiger partial charge in [0.05, 0.1) is 0 Å². The van der Waals surface area contributed by atoms with Crippen LogP contribution < -0.4 is 4.90 Å². The molecule has 4 rings (SSSR count). The first-order valence-electron chi connectivity index (χ1n) is 9.96. The number of hydrogen-bond acceptors (Lipinski definition) is 1. The molecule has 0 aliphatic heterocycles. The molecule has 0 aliphatic rings. The van der Waals surface area contributed by atoms with Gasteiger partial charge < -0.3 is 4.90 Å². The second-order valence-electron chi connectivity index (χ2n) is 7.35. The van der Waals surface area contributed by atoms with Gasteiger partial charge in [-0.2, -0.15) is 0 Å². The molecule has 0 heterocycles. The van der Waals surface area contributed by atoms with Crippen LogP contribution in [0.4, 0.5) is 17.1 Å². The summed E-state index contributed by atoms with van der Waals surface area (Å²) in [5, 5.41) is 0. The Labute approximate surface area is 173 Å². The van der Waals surface area contributed by atoms with E-state index in [0.29, 0.717) is 0 Å². The highest BCUT2D eigenvalue weighted by atomic mass is 15.1. The third-order valence-electron chi connectivity index (χ3n) is 4.94. The summed E-state index contributed by atoms with van der Waals surface area (Å²) < 4.78 is 0. The van der Waals surface area contributed by atoms with E-state index in [9.17, 15) is 0 Å². The Morgan fingerprint density at radius 1 is 0.483 bits per heavy atom. The summed E-state index contributed by atoms with van der Waals surface area (Å²) in [6, 6.07) is 36.4. The molecule has 0 N–H and O–H groups in total. The van der Waals surface area contributed by atoms with E-state index < -0.39 is 0 Å². The lowest BCUT2D eigenvalue weighted by atomic mass is 10.1. The van der Waals surface area contributed by atoms with Gasteiger partial charge in [-0.1, -0.05) is 78.9 Å². The molecule has 0 aliphatic carbocycles. The van der Waals surface area contributed by atoms with Gasteiger partial charge in [-0.15, -0.1) is 0 Å². The molecule has 0 bridgehead atoms. The van der Waals surface area contributed by atoms with Crippen LogP contribution in [0.25, 0.3) is 12.2 Å². The normalized spacial score (nSPS) is 11.0. The zero-order valence-corrected chi connectivity index (χ0v) is 16.9. The molecule has 0 aromatic heterocycles. The standard InChI is InChI=1S/C28H25N/c1-22-8-6-12-27(20-22)29(28-13-7-9-23(2)21-28)26-18-16-25(17-19-26)15-14-24-10-4-3-5-11-24/h3-21H,1-2H3. The van der Waals surface area contributed by atoms with Crippen LogP contribution >= 0.6 is 0 Å². The lowest BCUT2D eigenvalue weighted by molar-refractivity contribution is 1.26. The van der Waals surface area contributed by atoms with E-state index in [0.717, 1.165) is 5.69 Å². The van der Waals surface area contributed by atoms with Crippen LogP contribution in [-0.4, -0.2) is 0 Å². The van der Waals surface area contributed by atoms with Crippen LogP contribution in [-0.2, 0) is 0 Å². The first-order chi connectivity index (χ1) is 14.2. The maximum absolute atomic E-state index is 2.31. The van der Waals surface area contributed by atoms with Crippen molar-refractivity contribution in [3.63, 3.8) is 0 Å². The third-order valence-corrected chi connectivity index (χ3v) is 4.94. The van der Waals surface area contributed by atoms with Crippen molar-refractivity contribution in [3.05, 3.63) is 125 Å². The maximum atomic E-state index is 2.31. The number of aryl methyl sites for hydroxylation is 2. The van der Waals surface area contributed by atoms with Crippen LogP contribution in [0.1, 0.15) is 22.3 Å². The molecule has 0 unspecified atom stereocenters. The second kappa shape index (κ2) is 8.62. The molecule has 4 aromatic carbocycles. The van der Waals surface area contributed by atoms with E-state index >= 15 is 0 Å². The van der Waals surface area contributed by atoms with Crippen molar-refractivity contribution < 1.29 is 0 Å². The average molecular weight is 376 g/mol. The van der Waals surface area contributed by atoms with Crippen LogP contribution in [0, 0.1) is 13.8 Å². The van der Waals surface area contributed by atoms with Crippen molar-refractivity contribution in [1.29, 1.82) is 0 Å². The molecule has 0 atom stereocenters. The fourth-order valence-corrected chi connectivity index (χ4v) is 3.47. The lowest BCUT2D eigenvalue weighted by Gasteiger charge is -2.26. The van der Waals surface area contributed by atoms with Gasteiger partial charge in [-0.25, -0.2) is 0 Å². The van der Waals surface area contributed by atoms with E-state index in [2.05, 4.69) is 128 Å². The molecule has 142 valence electrons. The first kappa shape index (κ1) is 18.8. The summed E-state index contributed by atoms with van der Waals surface area (Å²) in [6.45, 7) is 4.27. The Balaban J connectivity index is 1.68. The smallest absolute Gasteiger partial charge is 0.0464 e. The molecule has 29 heavy (non-hydrogen) atoms. The van der Waals surface area contributed by atoms with Crippen molar-refractivity contribution >= 4 is 29.2 Å². The average Bonchev–Trinajstić information content (AvgIpc) is 2.74. The van der Waals surface area contributed by atoms with Gasteiger partial charge in [0, 0.05) is 17.1 Å². The Morgan fingerprint density at radius 3 is 1.52 bits per heavy atom. The molecule has 0 saturated carbocycles. The van der Waals surface area contributed by atoms with Gasteiger partial charge in [-0.05, 0) is 72.5 Å². The highest BCUT2D eigenvalue weighted by Gasteiger charge is 2.12. The highest BCUT2D eigenvalue weighted by molar-refractivity contribution is 5.78. The summed E-state index contributed by atoms with van der Waals surface area (Å²) in [5.74, 6) is 0. The topological polar surface area (TPSA) is 3.24 Å². The SMILES string of the molecule is Cc1cccc(N(c2ccc(C=Cc3ccccc3)cc2)c2cccc(C)c2)c1. The number of nitrogens with zero attached hydrogens (tertiary/aromatic N) is 1. The first-order valence-corrected chi connectivity index (χ1v) is 9.96. The zero-order valence-electron chi connectivity index (χ0n) is 16.9. The van der Waals surface area contributed by atoms with E-state index in [1.807, 2.05) is 6.07 Å². The molecule has 0 fully saturated rings. The minimum absolute atomic E-state index is 1.15. The van der Waals surface area contributed by atoms with Crippen LogP contribution in [0.2, 0.25) is 0 Å². The molecule has 4 aromatic rings. The number of benzene rings is 4. The molecule has 0 spiro atoms. The Hall–Kier alpha value is -3.58. The summed E-state index contributed by atoms with van der Waals surface area (Å²) in [5.41, 5.74) is 8.39. The third kappa shape index (κ3) is 4.64. The van der Waals surface area contributed by atoms with Crippen molar-refractivity contribution in [2.45, 2.75) is 13.8 Å². The summed E-state index contributed by atoms with van der Waals surface area (Å²) >= 11 is 0. The van der Waals surface area contributed by atoms with Crippen LogP contribution in [0.15, 0.2) is 103 Å². The number of rotatable bonds is 5. The maximum Gasteiger partial charge on any atom is 0.0464 e. The molecule has 0 radical (unpaired) electrons. The largest absolute Gasteiger partial charge is 0.310 e. The summed E-state index contributed by atoms with van der Waals surface area (Å²) in [6.07, 6.45) is 4.30. The highest BCUT2D eigenvalue weighted by Crippen LogP contribution is 2.35. The number of hydrogen-bond donors (Lipinski definition) is 0. The predicted molar refractivity (Wildman–Crippen MR) is 126 cm³/mol. The molecule has 1 heteroatoms. The van der Waals surface area contributed by atoms with Gasteiger partial charge in [0.2, 0.25) is 0 Å². The Morgan fingerprint density at radius 2 is 1.00 bits per heavy atom. The van der Waals surface area contributed by atoms with Crippen LogP contribution in [0.5, 0.6) is 0 Å². The van der Waals surface area contributed by atoms with Crippen molar-refractivity contribution in [3.8, 4) is 0 Å². The monoisotopic (exact) mass is 375 g/mol. The van der Waals surface area contributed by atoms with E-state index in [-0.39, 0.29) is 0 Å². The molecular formula is C28H25N. The Bertz CT molecular complexity index is 1060. The van der Waals surface area contributed by atoms with Gasteiger partial charge >= 0.3 is 0 Å². The van der Waals surface area contributed by atoms with E-state index in [1.54, 1.807) is 0 Å². The molecule has 0 amide bonds. The van der Waals surface area contributed by atoms with Crippen molar-refractivity contribution in [2.75, 3.05) is 4.90 Å². The quantitative estimate of drug-likeness (QED) is 0.320. The second-order valence-corrected chi connectivity index (χ2v) is 7.35. The molecule has 0 saturated heterocycles. The Kier molecular flexibility index (Phi) is 5.58. The van der Waals surface area contributed by atoms with Crippen LogP contribution in [0.3, 0.4) is 0 Å². The van der Waals surface area contributed by atoms with Gasteiger partial charge in [0.25, 0.3) is 0 Å². The predicted octanol–water partition coefficient (Wildman–Crippen LogP) is 7.94. The minimum atomic E-state index is 1.15. The molecule has 1 nitrogen and oxygen atoms in total. The number of anilines is 3. The lowest BCUT2D eigenvalue weighted by Crippen LogP contribution is -2.10. The molecular weight excluding hydrogens is 350 g/mol. The summed E-state index contributed by atoms with van der Waals surface area (Å²) in [7, 11) is 0. The fraction of sp³-hybridized carbons (Fsp3) is 0.0714. The minimum Gasteiger partial charge on any atom is -0.310 e. The van der Waals surface area contributed by atoms with Gasteiger partial charge in [0.15, 0.2) is 0 Å². The fourth-order valence-electron chi connectivity index (χ4n) is 3.47. The van der Waals surface area contributed by atoms with E-state index in [1.165, 1.54) is 33.6 Å². The van der Waals surface area contributed by atoms with E-state index in [4.69, 9.17) is 0 Å². The van der Waals surface area contributed by atoms with Crippen molar-refractivity contribution in [1.82, 2.24) is 0 Å².